The smallest absolute Gasteiger partial charge is 0.306 e. The Morgan fingerprint density at radius 3 is 2.78 bits per heavy atom. The van der Waals surface area contributed by atoms with Crippen LogP contribution in [0.4, 0.5) is 0 Å². The third-order valence-electron chi connectivity index (χ3n) is 3.08. The lowest BCUT2D eigenvalue weighted by Crippen LogP contribution is -2.15. The van der Waals surface area contributed by atoms with Gasteiger partial charge in [-0.3, -0.25) is 4.79 Å². The quantitative estimate of drug-likeness (QED) is 0.869. The zero-order chi connectivity index (χ0) is 13.0. The summed E-state index contributed by atoms with van der Waals surface area (Å²) in [6, 6.07) is 7.62. The Bertz CT molecular complexity index is 393. The summed E-state index contributed by atoms with van der Waals surface area (Å²) in [5.74, 6) is -0.310. The molecule has 1 aliphatic rings. The molecule has 0 aromatic heterocycles. The van der Waals surface area contributed by atoms with E-state index in [0.717, 1.165) is 24.3 Å². The average molecular weight is 250 g/mol. The molecule has 0 bridgehead atoms. The van der Waals surface area contributed by atoms with Crippen LogP contribution in [0, 0.1) is 5.92 Å². The van der Waals surface area contributed by atoms with Crippen molar-refractivity contribution in [1.29, 1.82) is 0 Å². The second-order valence-corrected chi connectivity index (χ2v) is 4.69. The van der Waals surface area contributed by atoms with Crippen molar-refractivity contribution >= 4 is 5.97 Å². The normalized spacial score (nSPS) is 20.6. The minimum atomic E-state index is -0.765. The first-order valence-corrected chi connectivity index (χ1v) is 6.21. The maximum atomic E-state index is 10.8. The second kappa shape index (κ2) is 5.87. The SMILES string of the molecule is CC(Cc1ccc(OC2CCOC2)cc1)C(=O)O. The van der Waals surface area contributed by atoms with E-state index in [9.17, 15) is 4.79 Å². The molecule has 1 saturated heterocycles. The van der Waals surface area contributed by atoms with E-state index in [1.807, 2.05) is 24.3 Å². The van der Waals surface area contributed by atoms with Gasteiger partial charge in [-0.25, -0.2) is 0 Å². The third-order valence-corrected chi connectivity index (χ3v) is 3.08. The maximum Gasteiger partial charge on any atom is 0.306 e. The van der Waals surface area contributed by atoms with E-state index in [2.05, 4.69) is 0 Å². The first-order valence-electron chi connectivity index (χ1n) is 6.21. The zero-order valence-electron chi connectivity index (χ0n) is 10.5. The summed E-state index contributed by atoms with van der Waals surface area (Å²) < 4.78 is 11.0. The Hall–Kier alpha value is -1.55. The first kappa shape index (κ1) is 12.9. The Balaban J connectivity index is 1.90. The molecular formula is C14H18O4. The fourth-order valence-corrected chi connectivity index (χ4v) is 1.94. The average Bonchev–Trinajstić information content (AvgIpc) is 2.84. The molecule has 1 fully saturated rings. The highest BCUT2D eigenvalue weighted by Gasteiger charge is 2.17. The number of benzene rings is 1. The predicted molar refractivity (Wildman–Crippen MR) is 66.8 cm³/mol. The summed E-state index contributed by atoms with van der Waals surface area (Å²) in [7, 11) is 0. The van der Waals surface area contributed by atoms with Crippen molar-refractivity contribution in [2.75, 3.05) is 13.2 Å². The lowest BCUT2D eigenvalue weighted by Gasteiger charge is -2.12. The van der Waals surface area contributed by atoms with Crippen LogP contribution in [-0.4, -0.2) is 30.4 Å². The molecule has 1 aromatic rings. The number of aliphatic carboxylic acids is 1. The van der Waals surface area contributed by atoms with Gasteiger partial charge in [-0.1, -0.05) is 19.1 Å². The van der Waals surface area contributed by atoms with Gasteiger partial charge < -0.3 is 14.6 Å². The van der Waals surface area contributed by atoms with Gasteiger partial charge >= 0.3 is 5.97 Å². The largest absolute Gasteiger partial charge is 0.488 e. The third kappa shape index (κ3) is 3.47. The predicted octanol–water partition coefficient (Wildman–Crippen LogP) is 2.12. The molecule has 0 spiro atoms. The topological polar surface area (TPSA) is 55.8 Å². The molecule has 1 aromatic carbocycles. The van der Waals surface area contributed by atoms with Crippen molar-refractivity contribution in [1.82, 2.24) is 0 Å². The highest BCUT2D eigenvalue weighted by molar-refractivity contribution is 5.69. The number of ether oxygens (including phenoxy) is 2. The maximum absolute atomic E-state index is 10.8. The van der Waals surface area contributed by atoms with Gasteiger partial charge in [-0.2, -0.15) is 0 Å². The monoisotopic (exact) mass is 250 g/mol. The van der Waals surface area contributed by atoms with Crippen molar-refractivity contribution in [3.05, 3.63) is 29.8 Å². The molecule has 4 nitrogen and oxygen atoms in total. The Labute approximate surface area is 107 Å². The number of hydrogen-bond donors (Lipinski definition) is 1. The van der Waals surface area contributed by atoms with Crippen LogP contribution in [0.2, 0.25) is 0 Å². The summed E-state index contributed by atoms with van der Waals surface area (Å²) in [6.07, 6.45) is 1.62. The van der Waals surface area contributed by atoms with Crippen LogP contribution in [0.1, 0.15) is 18.9 Å². The van der Waals surface area contributed by atoms with Gasteiger partial charge in [0, 0.05) is 6.42 Å². The van der Waals surface area contributed by atoms with Crippen LogP contribution in [0.5, 0.6) is 5.75 Å². The van der Waals surface area contributed by atoms with Crippen LogP contribution >= 0.6 is 0 Å². The molecular weight excluding hydrogens is 232 g/mol. The van der Waals surface area contributed by atoms with E-state index in [1.54, 1.807) is 6.92 Å². The molecule has 2 unspecified atom stereocenters. The Morgan fingerprint density at radius 1 is 1.50 bits per heavy atom. The van der Waals surface area contributed by atoms with Crippen molar-refractivity contribution in [3.63, 3.8) is 0 Å². The molecule has 98 valence electrons. The van der Waals surface area contributed by atoms with Crippen molar-refractivity contribution in [2.45, 2.75) is 25.9 Å². The summed E-state index contributed by atoms with van der Waals surface area (Å²) in [5.41, 5.74) is 1.01. The van der Waals surface area contributed by atoms with Gasteiger partial charge in [0.15, 0.2) is 0 Å². The van der Waals surface area contributed by atoms with Crippen molar-refractivity contribution < 1.29 is 19.4 Å². The molecule has 0 saturated carbocycles. The van der Waals surface area contributed by atoms with Crippen LogP contribution in [0.3, 0.4) is 0 Å². The van der Waals surface area contributed by atoms with Gasteiger partial charge in [0.2, 0.25) is 0 Å². The van der Waals surface area contributed by atoms with Gasteiger partial charge in [0.25, 0.3) is 0 Å². The standard InChI is InChI=1S/C14H18O4/c1-10(14(15)16)8-11-2-4-12(5-3-11)18-13-6-7-17-9-13/h2-5,10,13H,6-9H2,1H3,(H,15,16). The van der Waals surface area contributed by atoms with Crippen LogP contribution in [0.25, 0.3) is 0 Å². The van der Waals surface area contributed by atoms with Gasteiger partial charge in [0.1, 0.15) is 11.9 Å². The molecule has 0 radical (unpaired) electrons. The number of rotatable bonds is 5. The zero-order valence-corrected chi connectivity index (χ0v) is 10.5. The highest BCUT2D eigenvalue weighted by Crippen LogP contribution is 2.19. The number of hydrogen-bond acceptors (Lipinski definition) is 3. The molecule has 18 heavy (non-hydrogen) atoms. The van der Waals surface area contributed by atoms with E-state index < -0.39 is 5.97 Å². The number of carboxylic acids is 1. The van der Waals surface area contributed by atoms with E-state index in [1.165, 1.54) is 0 Å². The van der Waals surface area contributed by atoms with Crippen LogP contribution < -0.4 is 4.74 Å². The van der Waals surface area contributed by atoms with E-state index in [0.29, 0.717) is 13.0 Å². The highest BCUT2D eigenvalue weighted by atomic mass is 16.5. The molecule has 1 aliphatic heterocycles. The van der Waals surface area contributed by atoms with E-state index in [4.69, 9.17) is 14.6 Å². The van der Waals surface area contributed by atoms with Gasteiger partial charge in [0.05, 0.1) is 19.1 Å². The second-order valence-electron chi connectivity index (χ2n) is 4.69. The van der Waals surface area contributed by atoms with Crippen molar-refractivity contribution in [2.24, 2.45) is 5.92 Å². The summed E-state index contributed by atoms with van der Waals surface area (Å²) in [6.45, 7) is 3.12. The minimum absolute atomic E-state index is 0.147. The van der Waals surface area contributed by atoms with Gasteiger partial charge in [-0.05, 0) is 24.1 Å². The van der Waals surface area contributed by atoms with Crippen LogP contribution in [0.15, 0.2) is 24.3 Å². The fourth-order valence-electron chi connectivity index (χ4n) is 1.94. The summed E-state index contributed by atoms with van der Waals surface area (Å²) in [4.78, 5) is 10.8. The minimum Gasteiger partial charge on any atom is -0.488 e. The van der Waals surface area contributed by atoms with Crippen LogP contribution in [-0.2, 0) is 16.0 Å². The van der Waals surface area contributed by atoms with E-state index >= 15 is 0 Å². The Kier molecular flexibility index (Phi) is 4.20. The first-order chi connectivity index (χ1) is 8.65. The molecule has 1 N–H and O–H groups in total. The number of carboxylic acid groups (broad SMARTS) is 1. The lowest BCUT2D eigenvalue weighted by molar-refractivity contribution is -0.141. The Morgan fingerprint density at radius 2 is 2.22 bits per heavy atom. The molecule has 1 heterocycles. The summed E-state index contributed by atoms with van der Waals surface area (Å²) in [5, 5.41) is 8.85. The molecule has 2 rings (SSSR count). The molecule has 0 aliphatic carbocycles. The number of carbonyl (C=O) groups is 1. The van der Waals surface area contributed by atoms with Gasteiger partial charge in [-0.15, -0.1) is 0 Å². The summed E-state index contributed by atoms with van der Waals surface area (Å²) >= 11 is 0. The molecule has 0 amide bonds. The van der Waals surface area contributed by atoms with E-state index in [-0.39, 0.29) is 12.0 Å². The lowest BCUT2D eigenvalue weighted by atomic mass is 10.0. The molecule has 2 atom stereocenters. The molecule has 4 heteroatoms. The fraction of sp³-hybridized carbons (Fsp3) is 0.500. The van der Waals surface area contributed by atoms with Crippen molar-refractivity contribution in [3.8, 4) is 5.75 Å².